The zero-order chi connectivity index (χ0) is 23.0. The highest BCUT2D eigenvalue weighted by atomic mass is 32.2. The summed E-state index contributed by atoms with van der Waals surface area (Å²) < 4.78 is -0.458. The van der Waals surface area contributed by atoms with Gasteiger partial charge in [0.05, 0.1) is 0 Å². The number of carbonyl (C=O) groups excluding carboxylic acids is 3. The van der Waals surface area contributed by atoms with Gasteiger partial charge in [-0.05, 0) is 50.7 Å². The van der Waals surface area contributed by atoms with Crippen molar-refractivity contribution in [3.05, 3.63) is 35.4 Å². The molecule has 0 radical (unpaired) electrons. The highest BCUT2D eigenvalue weighted by Crippen LogP contribution is 2.56. The van der Waals surface area contributed by atoms with Crippen molar-refractivity contribution in [2.45, 2.75) is 94.5 Å². The molecule has 3 atom stereocenters. The number of thioether (sulfide) groups is 1. The summed E-state index contributed by atoms with van der Waals surface area (Å²) in [6.45, 7) is 8.13. The summed E-state index contributed by atoms with van der Waals surface area (Å²) in [4.78, 5) is 41.6. The first-order chi connectivity index (χ1) is 15.2. The lowest BCUT2D eigenvalue weighted by Crippen LogP contribution is -2.58. The second kappa shape index (κ2) is 9.08. The smallest absolute Gasteiger partial charge is 0.256 e. The molecule has 0 unspecified atom stereocenters. The minimum absolute atomic E-state index is 0.101. The first-order valence-electron chi connectivity index (χ1n) is 11.9. The van der Waals surface area contributed by atoms with Crippen molar-refractivity contribution in [3.63, 3.8) is 0 Å². The zero-order valence-electron chi connectivity index (χ0n) is 19.5. The molecule has 2 N–H and O–H groups in total. The van der Waals surface area contributed by atoms with Crippen molar-refractivity contribution in [2.24, 2.45) is 5.92 Å². The lowest BCUT2D eigenvalue weighted by molar-refractivity contribution is -0.132. The van der Waals surface area contributed by atoms with E-state index in [1.54, 1.807) is 16.7 Å². The van der Waals surface area contributed by atoms with Gasteiger partial charge in [0.1, 0.15) is 17.5 Å². The summed E-state index contributed by atoms with van der Waals surface area (Å²) in [6.07, 6.45) is 6.07. The van der Waals surface area contributed by atoms with Crippen molar-refractivity contribution < 1.29 is 14.4 Å². The largest absolute Gasteiger partial charge is 0.352 e. The van der Waals surface area contributed by atoms with Gasteiger partial charge < -0.3 is 15.5 Å². The van der Waals surface area contributed by atoms with Crippen LogP contribution in [0.2, 0.25) is 0 Å². The predicted octanol–water partition coefficient (Wildman–Crippen LogP) is 4.01. The summed E-state index contributed by atoms with van der Waals surface area (Å²) >= 11 is 1.64. The minimum atomic E-state index is -0.630. The van der Waals surface area contributed by atoms with E-state index in [2.05, 4.69) is 24.5 Å². The maximum Gasteiger partial charge on any atom is 0.256 e. The lowest BCUT2D eigenvalue weighted by Gasteiger charge is -2.32. The van der Waals surface area contributed by atoms with Crippen molar-refractivity contribution in [3.8, 4) is 0 Å². The van der Waals surface area contributed by atoms with Crippen LogP contribution in [0.15, 0.2) is 24.3 Å². The van der Waals surface area contributed by atoms with Gasteiger partial charge in [-0.25, -0.2) is 0 Å². The molecule has 1 aromatic carbocycles. The molecule has 2 heterocycles. The molecular formula is C25H35N3O3S. The summed E-state index contributed by atoms with van der Waals surface area (Å²) in [7, 11) is 0. The van der Waals surface area contributed by atoms with E-state index in [1.165, 1.54) is 6.42 Å². The van der Waals surface area contributed by atoms with E-state index in [0.29, 0.717) is 12.0 Å². The fourth-order valence-corrected chi connectivity index (χ4v) is 6.90. The summed E-state index contributed by atoms with van der Waals surface area (Å²) in [5.74, 6) is -0.185. The SMILES string of the molecule is CC(C)C[C@H](NC(=O)[C@H]1N2C(=O)c3ccccc3[C@H]2SC1(C)C)C(=O)NC1CCCCC1. The predicted molar refractivity (Wildman–Crippen MR) is 127 cm³/mol. The Hall–Kier alpha value is -2.02. The lowest BCUT2D eigenvalue weighted by atomic mass is 9.94. The van der Waals surface area contributed by atoms with E-state index in [1.807, 2.05) is 38.1 Å². The highest BCUT2D eigenvalue weighted by molar-refractivity contribution is 8.01. The fourth-order valence-electron chi connectivity index (χ4n) is 5.31. The number of carbonyl (C=O) groups is 3. The summed E-state index contributed by atoms with van der Waals surface area (Å²) in [5.41, 5.74) is 1.65. The average Bonchev–Trinajstić information content (AvgIpc) is 3.17. The van der Waals surface area contributed by atoms with E-state index in [4.69, 9.17) is 0 Å². The third kappa shape index (κ3) is 4.41. The van der Waals surface area contributed by atoms with Crippen LogP contribution < -0.4 is 10.6 Å². The van der Waals surface area contributed by atoms with Crippen molar-refractivity contribution >= 4 is 29.5 Å². The molecular weight excluding hydrogens is 422 g/mol. The van der Waals surface area contributed by atoms with E-state index in [0.717, 1.165) is 31.2 Å². The molecule has 1 saturated carbocycles. The van der Waals surface area contributed by atoms with Gasteiger partial charge in [0.25, 0.3) is 5.91 Å². The molecule has 2 fully saturated rings. The van der Waals surface area contributed by atoms with Crippen LogP contribution in [0.25, 0.3) is 0 Å². The number of benzene rings is 1. The van der Waals surface area contributed by atoms with Crippen LogP contribution in [0.4, 0.5) is 0 Å². The Bertz CT molecular complexity index is 894. The molecule has 1 aliphatic carbocycles. The van der Waals surface area contributed by atoms with Crippen molar-refractivity contribution in [2.75, 3.05) is 0 Å². The average molecular weight is 458 g/mol. The number of nitrogens with one attached hydrogen (secondary N) is 2. The van der Waals surface area contributed by atoms with Crippen molar-refractivity contribution in [1.82, 2.24) is 15.5 Å². The quantitative estimate of drug-likeness (QED) is 0.676. The van der Waals surface area contributed by atoms with Crippen LogP contribution in [0.1, 0.15) is 87.5 Å². The van der Waals surface area contributed by atoms with E-state index < -0.39 is 16.8 Å². The Balaban J connectivity index is 1.52. The maximum absolute atomic E-state index is 13.6. The molecule has 2 aliphatic heterocycles. The number of fused-ring (bicyclic) bond motifs is 3. The number of rotatable bonds is 6. The van der Waals surface area contributed by atoms with Gasteiger partial charge in [0, 0.05) is 16.4 Å². The van der Waals surface area contributed by atoms with Crippen LogP contribution in [-0.2, 0) is 9.59 Å². The van der Waals surface area contributed by atoms with E-state index in [-0.39, 0.29) is 35.1 Å². The summed E-state index contributed by atoms with van der Waals surface area (Å²) in [6, 6.07) is 6.57. The van der Waals surface area contributed by atoms with Gasteiger partial charge in [-0.3, -0.25) is 14.4 Å². The minimum Gasteiger partial charge on any atom is -0.352 e. The molecule has 0 spiro atoms. The second-order valence-corrected chi connectivity index (χ2v) is 12.0. The number of nitrogens with zero attached hydrogens (tertiary/aromatic N) is 1. The van der Waals surface area contributed by atoms with Gasteiger partial charge in [-0.1, -0.05) is 51.3 Å². The number of amides is 3. The Kier molecular flexibility index (Phi) is 6.57. The Morgan fingerprint density at radius 2 is 1.84 bits per heavy atom. The van der Waals surface area contributed by atoms with Crippen LogP contribution >= 0.6 is 11.8 Å². The first-order valence-corrected chi connectivity index (χ1v) is 12.8. The molecule has 4 rings (SSSR count). The molecule has 1 aromatic rings. The van der Waals surface area contributed by atoms with Crippen LogP contribution in [0.5, 0.6) is 0 Å². The van der Waals surface area contributed by atoms with Gasteiger partial charge in [0.15, 0.2) is 0 Å². The van der Waals surface area contributed by atoms with Gasteiger partial charge in [-0.15, -0.1) is 11.8 Å². The highest BCUT2D eigenvalue weighted by Gasteiger charge is 2.57. The number of hydrogen-bond donors (Lipinski definition) is 2. The molecule has 0 aromatic heterocycles. The van der Waals surface area contributed by atoms with Crippen LogP contribution in [0, 0.1) is 5.92 Å². The molecule has 7 heteroatoms. The molecule has 3 aliphatic rings. The van der Waals surface area contributed by atoms with Crippen LogP contribution in [0.3, 0.4) is 0 Å². The maximum atomic E-state index is 13.6. The topological polar surface area (TPSA) is 78.5 Å². The Labute approximate surface area is 195 Å². The van der Waals surface area contributed by atoms with Gasteiger partial charge in [0.2, 0.25) is 11.8 Å². The second-order valence-electron chi connectivity index (χ2n) is 10.3. The third-order valence-corrected chi connectivity index (χ3v) is 8.37. The summed E-state index contributed by atoms with van der Waals surface area (Å²) in [5, 5.41) is 6.04. The fraction of sp³-hybridized carbons (Fsp3) is 0.640. The Morgan fingerprint density at radius 3 is 2.53 bits per heavy atom. The van der Waals surface area contributed by atoms with E-state index >= 15 is 0 Å². The van der Waals surface area contributed by atoms with Gasteiger partial charge >= 0.3 is 0 Å². The Morgan fingerprint density at radius 1 is 1.16 bits per heavy atom. The monoisotopic (exact) mass is 457 g/mol. The molecule has 174 valence electrons. The zero-order valence-corrected chi connectivity index (χ0v) is 20.3. The normalized spacial score (nSPS) is 25.4. The molecule has 6 nitrogen and oxygen atoms in total. The third-order valence-electron chi connectivity index (χ3n) is 6.84. The van der Waals surface area contributed by atoms with Crippen molar-refractivity contribution in [1.29, 1.82) is 0 Å². The number of hydrogen-bond acceptors (Lipinski definition) is 4. The molecule has 1 saturated heterocycles. The molecule has 32 heavy (non-hydrogen) atoms. The van der Waals surface area contributed by atoms with Crippen LogP contribution in [-0.4, -0.2) is 45.5 Å². The molecule has 3 amide bonds. The molecule has 0 bridgehead atoms. The first kappa shape index (κ1) is 23.1. The standard InChI is InChI=1S/C25H35N3O3S/c1-15(2)14-19(21(29)26-16-10-6-5-7-11-16)27-22(30)20-25(3,4)32-24-18-13-9-8-12-17(18)23(31)28(20)24/h8-9,12-13,15-16,19-20,24H,5-7,10-11,14H2,1-4H3,(H,26,29)(H,27,30)/t19-,20+,24+/m0/s1. The van der Waals surface area contributed by atoms with Gasteiger partial charge in [-0.2, -0.15) is 0 Å². The van der Waals surface area contributed by atoms with E-state index in [9.17, 15) is 14.4 Å².